The zero-order chi connectivity index (χ0) is 16.0. The van der Waals surface area contributed by atoms with Crippen LogP contribution in [0.2, 0.25) is 0 Å². The fourth-order valence-corrected chi connectivity index (χ4v) is 3.20. The van der Waals surface area contributed by atoms with Crippen LogP contribution in [-0.4, -0.2) is 31.9 Å². The van der Waals surface area contributed by atoms with E-state index in [0.29, 0.717) is 12.1 Å². The molecule has 0 aliphatic rings. The Kier molecular flexibility index (Phi) is 6.34. The Labute approximate surface area is 126 Å². The quantitative estimate of drug-likeness (QED) is 0.783. The maximum Gasteiger partial charge on any atom is 0.246 e. The second kappa shape index (κ2) is 7.55. The number of nitrogens with zero attached hydrogens (tertiary/aromatic N) is 1. The van der Waals surface area contributed by atoms with E-state index in [0.717, 1.165) is 4.31 Å². The van der Waals surface area contributed by atoms with Gasteiger partial charge >= 0.3 is 0 Å². The highest BCUT2D eigenvalue weighted by Crippen LogP contribution is 2.20. The maximum absolute atomic E-state index is 14.1. The lowest BCUT2D eigenvalue weighted by Crippen LogP contribution is -2.32. The van der Waals surface area contributed by atoms with Crippen molar-refractivity contribution in [3.05, 3.63) is 29.6 Å². The van der Waals surface area contributed by atoms with Gasteiger partial charge in [-0.05, 0) is 17.7 Å². The largest absolute Gasteiger partial charge is 0.310 e. The van der Waals surface area contributed by atoms with Gasteiger partial charge in [-0.1, -0.05) is 32.8 Å². The lowest BCUT2D eigenvalue weighted by Gasteiger charge is -2.18. The lowest BCUT2D eigenvalue weighted by molar-refractivity contribution is 0.457. The van der Waals surface area contributed by atoms with E-state index >= 15 is 0 Å². The van der Waals surface area contributed by atoms with Crippen molar-refractivity contribution in [2.75, 3.05) is 13.1 Å². The number of hydrogen-bond donors (Lipinski definition) is 1. The van der Waals surface area contributed by atoms with Crippen molar-refractivity contribution in [1.29, 1.82) is 0 Å². The second-order valence-corrected chi connectivity index (χ2v) is 6.84. The molecule has 0 amide bonds. The molecule has 0 fully saturated rings. The van der Waals surface area contributed by atoms with Crippen LogP contribution < -0.4 is 5.32 Å². The van der Waals surface area contributed by atoms with Crippen LogP contribution in [0.1, 0.15) is 26.3 Å². The first kappa shape index (κ1) is 17.6. The Balaban J connectivity index is 3.06. The van der Waals surface area contributed by atoms with Crippen LogP contribution in [0.5, 0.6) is 0 Å². The fraction of sp³-hybridized carbons (Fsp3) is 0.467. The van der Waals surface area contributed by atoms with E-state index in [2.05, 4.69) is 11.2 Å². The first-order chi connectivity index (χ1) is 9.82. The molecule has 0 atom stereocenters. The van der Waals surface area contributed by atoms with Crippen LogP contribution in [0.4, 0.5) is 4.39 Å². The Hall–Kier alpha value is -1.42. The van der Waals surface area contributed by atoms with E-state index in [-0.39, 0.29) is 24.0 Å². The van der Waals surface area contributed by atoms with Gasteiger partial charge in [-0.15, -0.1) is 6.42 Å². The average molecular weight is 312 g/mol. The minimum absolute atomic E-state index is 0.0745. The normalized spacial score (nSPS) is 11.9. The molecule has 6 heteroatoms. The van der Waals surface area contributed by atoms with Gasteiger partial charge in [-0.25, -0.2) is 12.8 Å². The molecule has 0 aliphatic heterocycles. The maximum atomic E-state index is 14.1. The molecule has 0 radical (unpaired) electrons. The van der Waals surface area contributed by atoms with Crippen LogP contribution in [-0.2, 0) is 16.6 Å². The minimum atomic E-state index is -3.90. The first-order valence-corrected chi connectivity index (χ1v) is 8.22. The summed E-state index contributed by atoms with van der Waals surface area (Å²) in [6.45, 7) is 6.23. The summed E-state index contributed by atoms with van der Waals surface area (Å²) in [5, 5.41) is 3.15. The van der Waals surface area contributed by atoms with Gasteiger partial charge in [0.25, 0.3) is 0 Å². The van der Waals surface area contributed by atoms with Gasteiger partial charge in [-0.3, -0.25) is 0 Å². The number of sulfonamides is 1. The third-order valence-corrected chi connectivity index (χ3v) is 4.90. The van der Waals surface area contributed by atoms with Crippen molar-refractivity contribution >= 4 is 10.0 Å². The molecule has 0 saturated heterocycles. The number of rotatable bonds is 7. The van der Waals surface area contributed by atoms with Crippen LogP contribution in [0.15, 0.2) is 23.1 Å². The fourth-order valence-electron chi connectivity index (χ4n) is 1.79. The SMILES string of the molecule is C#CCN(CC)S(=O)(=O)c1ccc(CNC(C)C)cc1F. The van der Waals surface area contributed by atoms with Crippen molar-refractivity contribution in [2.45, 2.75) is 38.3 Å². The lowest BCUT2D eigenvalue weighted by atomic mass is 10.2. The first-order valence-electron chi connectivity index (χ1n) is 6.78. The third-order valence-electron chi connectivity index (χ3n) is 2.95. The molecule has 0 bridgehead atoms. The molecule has 0 unspecified atom stereocenters. The number of hydrogen-bond acceptors (Lipinski definition) is 3. The number of terminal acetylenes is 1. The highest BCUT2D eigenvalue weighted by Gasteiger charge is 2.25. The highest BCUT2D eigenvalue weighted by atomic mass is 32.2. The molecule has 116 valence electrons. The topological polar surface area (TPSA) is 49.4 Å². The zero-order valence-electron chi connectivity index (χ0n) is 12.6. The summed E-state index contributed by atoms with van der Waals surface area (Å²) in [5.74, 6) is 1.52. The molecule has 1 aromatic carbocycles. The summed E-state index contributed by atoms with van der Waals surface area (Å²) < 4.78 is 39.8. The summed E-state index contributed by atoms with van der Waals surface area (Å²) in [7, 11) is -3.90. The Morgan fingerprint density at radius 1 is 1.43 bits per heavy atom. The van der Waals surface area contributed by atoms with E-state index in [1.54, 1.807) is 13.0 Å². The number of benzene rings is 1. The van der Waals surface area contributed by atoms with E-state index in [1.165, 1.54) is 12.1 Å². The molecule has 0 aromatic heterocycles. The summed E-state index contributed by atoms with van der Waals surface area (Å²) >= 11 is 0. The molecular formula is C15H21FN2O2S. The molecule has 21 heavy (non-hydrogen) atoms. The van der Waals surface area contributed by atoms with Crippen molar-refractivity contribution in [3.63, 3.8) is 0 Å². The molecule has 1 N–H and O–H groups in total. The van der Waals surface area contributed by atoms with Gasteiger partial charge in [0.1, 0.15) is 10.7 Å². The van der Waals surface area contributed by atoms with Gasteiger partial charge < -0.3 is 5.32 Å². The number of halogens is 1. The van der Waals surface area contributed by atoms with E-state index in [1.807, 2.05) is 13.8 Å². The summed E-state index contributed by atoms with van der Waals surface area (Å²) in [5.41, 5.74) is 0.695. The predicted molar refractivity (Wildman–Crippen MR) is 81.6 cm³/mol. The average Bonchev–Trinajstić information content (AvgIpc) is 2.42. The molecule has 0 heterocycles. The van der Waals surface area contributed by atoms with Crippen LogP contribution >= 0.6 is 0 Å². The van der Waals surface area contributed by atoms with Crippen molar-refractivity contribution in [2.24, 2.45) is 0 Å². The predicted octanol–water partition coefficient (Wildman–Crippen LogP) is 1.97. The van der Waals surface area contributed by atoms with Crippen LogP contribution in [0.3, 0.4) is 0 Å². The smallest absolute Gasteiger partial charge is 0.246 e. The van der Waals surface area contributed by atoms with Crippen molar-refractivity contribution in [3.8, 4) is 12.3 Å². The van der Waals surface area contributed by atoms with E-state index < -0.39 is 15.8 Å². The van der Waals surface area contributed by atoms with E-state index in [4.69, 9.17) is 6.42 Å². The van der Waals surface area contributed by atoms with Crippen molar-refractivity contribution in [1.82, 2.24) is 9.62 Å². The van der Waals surface area contributed by atoms with Gasteiger partial charge in [-0.2, -0.15) is 4.31 Å². The Morgan fingerprint density at radius 3 is 2.57 bits per heavy atom. The molecule has 0 saturated carbocycles. The van der Waals surface area contributed by atoms with Gasteiger partial charge in [0.05, 0.1) is 6.54 Å². The van der Waals surface area contributed by atoms with Gasteiger partial charge in [0, 0.05) is 19.1 Å². The third kappa shape index (κ3) is 4.53. The molecule has 0 spiro atoms. The Bertz CT molecular complexity index is 621. The molecule has 0 aliphatic carbocycles. The summed E-state index contributed by atoms with van der Waals surface area (Å²) in [6, 6.07) is 4.41. The van der Waals surface area contributed by atoms with E-state index in [9.17, 15) is 12.8 Å². The summed E-state index contributed by atoms with van der Waals surface area (Å²) in [4.78, 5) is -0.340. The number of nitrogens with one attached hydrogen (secondary N) is 1. The van der Waals surface area contributed by atoms with Gasteiger partial charge in [0.2, 0.25) is 10.0 Å². The van der Waals surface area contributed by atoms with Crippen LogP contribution in [0, 0.1) is 18.2 Å². The second-order valence-electron chi connectivity index (χ2n) is 4.94. The monoisotopic (exact) mass is 312 g/mol. The highest BCUT2D eigenvalue weighted by molar-refractivity contribution is 7.89. The Morgan fingerprint density at radius 2 is 2.10 bits per heavy atom. The van der Waals surface area contributed by atoms with Crippen LogP contribution in [0.25, 0.3) is 0 Å². The zero-order valence-corrected chi connectivity index (χ0v) is 13.4. The van der Waals surface area contributed by atoms with Gasteiger partial charge in [0.15, 0.2) is 0 Å². The summed E-state index contributed by atoms with van der Waals surface area (Å²) in [6.07, 6.45) is 5.15. The molecule has 4 nitrogen and oxygen atoms in total. The van der Waals surface area contributed by atoms with Crippen molar-refractivity contribution < 1.29 is 12.8 Å². The molecular weight excluding hydrogens is 291 g/mol. The minimum Gasteiger partial charge on any atom is -0.310 e. The standard InChI is InChI=1S/C15H21FN2O2S/c1-5-9-18(6-2)21(19,20)15-8-7-13(10-14(15)16)11-17-12(3)4/h1,7-8,10,12,17H,6,9,11H2,2-4H3. The molecule has 1 rings (SSSR count). The molecule has 1 aromatic rings.